The molecule has 3 amide bonds. The average Bonchev–Trinajstić information content (AvgIpc) is 3.01. The Morgan fingerprint density at radius 1 is 1.19 bits per heavy atom. The lowest BCUT2D eigenvalue weighted by atomic mass is 10.0. The fourth-order valence-corrected chi connectivity index (χ4v) is 3.51. The molecule has 0 bridgehead atoms. The predicted octanol–water partition coefficient (Wildman–Crippen LogP) is 2.35. The van der Waals surface area contributed by atoms with Gasteiger partial charge in [0.25, 0.3) is 0 Å². The van der Waals surface area contributed by atoms with Crippen LogP contribution >= 0.6 is 11.6 Å². The summed E-state index contributed by atoms with van der Waals surface area (Å²) in [5.41, 5.74) is 7.87. The Morgan fingerprint density at radius 2 is 1.85 bits per heavy atom. The molecule has 3 rings (SSSR count). The number of carbonyl (C=O) groups is 3. The molecule has 6 nitrogen and oxygen atoms in total. The number of nitrogens with two attached hydrogens (primary N) is 1. The van der Waals surface area contributed by atoms with Crippen molar-refractivity contribution in [1.29, 1.82) is 0 Å². The predicted molar refractivity (Wildman–Crippen MR) is 103 cm³/mol. The molecule has 0 spiro atoms. The van der Waals surface area contributed by atoms with Crippen molar-refractivity contribution >= 4 is 35.0 Å². The molecule has 7 heteroatoms. The van der Waals surface area contributed by atoms with E-state index in [1.807, 2.05) is 18.2 Å². The zero-order chi connectivity index (χ0) is 19.6. The molecule has 1 heterocycles. The molecule has 0 unspecified atom stereocenters. The number of benzene rings is 2. The van der Waals surface area contributed by atoms with Crippen LogP contribution in [0, 0.1) is 0 Å². The smallest absolute Gasteiger partial charge is 0.240 e. The summed E-state index contributed by atoms with van der Waals surface area (Å²) in [6.07, 6.45) is 0.391. The third-order valence-corrected chi connectivity index (χ3v) is 4.85. The first-order chi connectivity index (χ1) is 12.9. The first-order valence-corrected chi connectivity index (χ1v) is 8.96. The number of halogens is 1. The van der Waals surface area contributed by atoms with Crippen molar-refractivity contribution < 1.29 is 14.4 Å². The Labute approximate surface area is 162 Å². The van der Waals surface area contributed by atoms with Gasteiger partial charge in [0.2, 0.25) is 17.7 Å². The van der Waals surface area contributed by atoms with Crippen molar-refractivity contribution in [2.24, 2.45) is 5.73 Å². The molecule has 27 heavy (non-hydrogen) atoms. The number of amides is 3. The van der Waals surface area contributed by atoms with E-state index in [4.69, 9.17) is 17.3 Å². The maximum absolute atomic E-state index is 13.1. The zero-order valence-electron chi connectivity index (χ0n) is 14.8. The highest BCUT2D eigenvalue weighted by Gasteiger charge is 2.37. The van der Waals surface area contributed by atoms with Crippen LogP contribution in [0.2, 0.25) is 5.02 Å². The number of primary amides is 1. The molecule has 3 N–H and O–H groups in total. The number of nitrogens with zero attached hydrogens (tertiary/aromatic N) is 1. The fraction of sp³-hybridized carbons (Fsp3) is 0.250. The minimum atomic E-state index is -0.724. The molecule has 2 atom stereocenters. The summed E-state index contributed by atoms with van der Waals surface area (Å²) in [4.78, 5) is 38.1. The number of nitrogens with one attached hydrogen (secondary N) is 1. The fourth-order valence-electron chi connectivity index (χ4n) is 3.39. The van der Waals surface area contributed by atoms with Crippen molar-refractivity contribution in [1.82, 2.24) is 5.32 Å². The topological polar surface area (TPSA) is 92.5 Å². The molecule has 0 radical (unpaired) electrons. The van der Waals surface area contributed by atoms with Crippen molar-refractivity contribution in [3.63, 3.8) is 0 Å². The quantitative estimate of drug-likeness (QED) is 0.827. The first-order valence-electron chi connectivity index (χ1n) is 8.58. The van der Waals surface area contributed by atoms with Gasteiger partial charge in [-0.3, -0.25) is 19.3 Å². The number of fused-ring (bicyclic) bond motifs is 1. The Hall–Kier alpha value is -2.86. The van der Waals surface area contributed by atoms with Gasteiger partial charge in [-0.25, -0.2) is 0 Å². The highest BCUT2D eigenvalue weighted by molar-refractivity contribution is 6.30. The van der Waals surface area contributed by atoms with E-state index in [1.54, 1.807) is 30.3 Å². The Kier molecular flexibility index (Phi) is 5.46. The minimum absolute atomic E-state index is 0.000668. The highest BCUT2D eigenvalue weighted by Crippen LogP contribution is 2.33. The third kappa shape index (κ3) is 4.11. The summed E-state index contributed by atoms with van der Waals surface area (Å²) >= 11 is 5.93. The van der Waals surface area contributed by atoms with E-state index in [0.717, 1.165) is 11.1 Å². The lowest BCUT2D eigenvalue weighted by molar-refractivity contribution is -0.125. The second-order valence-corrected chi connectivity index (χ2v) is 6.96. The molecule has 140 valence electrons. The van der Waals surface area contributed by atoms with Crippen LogP contribution in [0.15, 0.2) is 48.5 Å². The van der Waals surface area contributed by atoms with Crippen molar-refractivity contribution in [3.8, 4) is 0 Å². The summed E-state index contributed by atoms with van der Waals surface area (Å²) in [7, 11) is 0. The number of carbonyl (C=O) groups excluding carboxylic acids is 3. The van der Waals surface area contributed by atoms with Crippen LogP contribution in [0.4, 0.5) is 5.69 Å². The molecule has 1 aliphatic heterocycles. The number of hydrogen-bond acceptors (Lipinski definition) is 3. The summed E-state index contributed by atoms with van der Waals surface area (Å²) in [5.74, 6) is -1.09. The lowest BCUT2D eigenvalue weighted by Crippen LogP contribution is -2.47. The lowest BCUT2D eigenvalue weighted by Gasteiger charge is -2.26. The highest BCUT2D eigenvalue weighted by atomic mass is 35.5. The van der Waals surface area contributed by atoms with Gasteiger partial charge in [-0.1, -0.05) is 41.9 Å². The number of anilines is 1. The van der Waals surface area contributed by atoms with E-state index in [0.29, 0.717) is 17.1 Å². The molecule has 0 aliphatic carbocycles. The monoisotopic (exact) mass is 385 g/mol. The number of para-hydroxylation sites is 1. The van der Waals surface area contributed by atoms with Crippen LogP contribution in [-0.2, 0) is 20.8 Å². The van der Waals surface area contributed by atoms with Crippen LogP contribution < -0.4 is 16.0 Å². The van der Waals surface area contributed by atoms with Gasteiger partial charge < -0.3 is 11.1 Å². The summed E-state index contributed by atoms with van der Waals surface area (Å²) in [6.45, 7) is 1.39. The van der Waals surface area contributed by atoms with Gasteiger partial charge in [-0.15, -0.1) is 0 Å². The van der Waals surface area contributed by atoms with E-state index in [-0.39, 0.29) is 18.2 Å². The summed E-state index contributed by atoms with van der Waals surface area (Å²) in [6, 6.07) is 13.0. The molecule has 0 saturated carbocycles. The summed E-state index contributed by atoms with van der Waals surface area (Å²) in [5, 5.41) is 3.36. The third-order valence-electron chi connectivity index (χ3n) is 4.60. The largest absolute Gasteiger partial charge is 0.368 e. The van der Waals surface area contributed by atoms with E-state index in [1.165, 1.54) is 11.8 Å². The van der Waals surface area contributed by atoms with Crippen molar-refractivity contribution in [2.75, 3.05) is 4.90 Å². The van der Waals surface area contributed by atoms with Gasteiger partial charge in [-0.05, 0) is 29.3 Å². The van der Waals surface area contributed by atoms with Crippen LogP contribution in [0.5, 0.6) is 0 Å². The second kappa shape index (κ2) is 7.80. The van der Waals surface area contributed by atoms with Crippen LogP contribution in [-0.4, -0.2) is 23.8 Å². The standard InChI is InChI=1S/C20H20ClN3O3/c1-12(25)23-16(13-6-8-15(21)9-7-13)11-19(26)24-17-5-3-2-4-14(17)10-18(24)20(22)27/h2-9,16,18H,10-11H2,1H3,(H2,22,27)(H,23,25)/t16-,18+/m1/s1. The van der Waals surface area contributed by atoms with E-state index in [9.17, 15) is 14.4 Å². The molecule has 0 fully saturated rings. The van der Waals surface area contributed by atoms with Gasteiger partial charge in [0, 0.05) is 24.1 Å². The molecule has 2 aromatic rings. The van der Waals surface area contributed by atoms with E-state index < -0.39 is 18.0 Å². The molecule has 0 aromatic heterocycles. The Bertz CT molecular complexity index is 882. The summed E-state index contributed by atoms with van der Waals surface area (Å²) < 4.78 is 0. The van der Waals surface area contributed by atoms with Crippen molar-refractivity contribution in [3.05, 3.63) is 64.7 Å². The molecule has 1 aliphatic rings. The van der Waals surface area contributed by atoms with Crippen molar-refractivity contribution in [2.45, 2.75) is 31.8 Å². The molecule has 2 aromatic carbocycles. The number of hydrogen-bond donors (Lipinski definition) is 2. The van der Waals surface area contributed by atoms with Crippen LogP contribution in [0.1, 0.15) is 30.5 Å². The van der Waals surface area contributed by atoms with E-state index >= 15 is 0 Å². The second-order valence-electron chi connectivity index (χ2n) is 6.52. The van der Waals surface area contributed by atoms with Crippen LogP contribution in [0.3, 0.4) is 0 Å². The molecular weight excluding hydrogens is 366 g/mol. The van der Waals surface area contributed by atoms with Gasteiger partial charge in [0.1, 0.15) is 6.04 Å². The maximum atomic E-state index is 13.1. The first kappa shape index (κ1) is 18.9. The van der Waals surface area contributed by atoms with E-state index in [2.05, 4.69) is 5.32 Å². The minimum Gasteiger partial charge on any atom is -0.368 e. The SMILES string of the molecule is CC(=O)N[C@H](CC(=O)N1c2ccccc2C[C@H]1C(N)=O)c1ccc(Cl)cc1. The Morgan fingerprint density at radius 3 is 2.48 bits per heavy atom. The Balaban J connectivity index is 1.89. The normalized spacial score (nSPS) is 16.5. The molecular formula is C20H20ClN3O3. The maximum Gasteiger partial charge on any atom is 0.240 e. The zero-order valence-corrected chi connectivity index (χ0v) is 15.6. The van der Waals surface area contributed by atoms with Crippen LogP contribution in [0.25, 0.3) is 0 Å². The number of rotatable bonds is 5. The van der Waals surface area contributed by atoms with Gasteiger partial charge >= 0.3 is 0 Å². The van der Waals surface area contributed by atoms with Gasteiger partial charge in [0.15, 0.2) is 0 Å². The van der Waals surface area contributed by atoms with Gasteiger partial charge in [-0.2, -0.15) is 0 Å². The molecule has 0 saturated heterocycles. The average molecular weight is 386 g/mol. The van der Waals surface area contributed by atoms with Gasteiger partial charge in [0.05, 0.1) is 12.5 Å².